The highest BCUT2D eigenvalue weighted by Crippen LogP contribution is 2.30. The Hall–Kier alpha value is -0.710. The van der Waals surface area contributed by atoms with Crippen LogP contribution in [0.5, 0.6) is 0 Å². The molecule has 2 nitrogen and oxygen atoms in total. The summed E-state index contributed by atoms with van der Waals surface area (Å²) in [4.78, 5) is 0. The highest BCUT2D eigenvalue weighted by Gasteiger charge is 2.26. The third kappa shape index (κ3) is 3.40. The fourth-order valence-electron chi connectivity index (χ4n) is 1.77. The first-order valence-corrected chi connectivity index (χ1v) is 6.30. The molecule has 1 aromatic rings. The molecular weight excluding hydrogens is 260 g/mol. The number of nitrogens with one attached hydrogen (secondary N) is 1. The van der Waals surface area contributed by atoms with E-state index in [2.05, 4.69) is 5.32 Å². The molecule has 5 heteroatoms. The van der Waals surface area contributed by atoms with Crippen LogP contribution in [-0.4, -0.2) is 19.8 Å². The number of halogens is 3. The summed E-state index contributed by atoms with van der Waals surface area (Å²) in [7, 11) is 1.52. The summed E-state index contributed by atoms with van der Waals surface area (Å²) in [6.07, 6.45) is 0.562. The van der Waals surface area contributed by atoms with Crippen LogP contribution in [0, 0.1) is 11.6 Å². The van der Waals surface area contributed by atoms with Crippen LogP contribution in [0.15, 0.2) is 12.1 Å². The quantitative estimate of drug-likeness (QED) is 0.801. The van der Waals surface area contributed by atoms with Gasteiger partial charge in [-0.3, -0.25) is 0 Å². The van der Waals surface area contributed by atoms with Crippen LogP contribution in [0.4, 0.5) is 8.78 Å². The van der Waals surface area contributed by atoms with Crippen molar-refractivity contribution >= 4 is 11.6 Å². The highest BCUT2D eigenvalue weighted by atomic mass is 35.5. The molecule has 0 fully saturated rings. The number of benzene rings is 1. The van der Waals surface area contributed by atoms with Crippen molar-refractivity contribution in [1.82, 2.24) is 5.32 Å². The molecule has 1 N–H and O–H groups in total. The van der Waals surface area contributed by atoms with Gasteiger partial charge in [-0.05, 0) is 32.0 Å². The van der Waals surface area contributed by atoms with Gasteiger partial charge >= 0.3 is 0 Å². The molecule has 18 heavy (non-hydrogen) atoms. The molecule has 0 aliphatic heterocycles. The van der Waals surface area contributed by atoms with Gasteiger partial charge in [-0.2, -0.15) is 0 Å². The largest absolute Gasteiger partial charge is 0.380 e. The number of methoxy groups -OCH3 is 1. The van der Waals surface area contributed by atoms with Crippen molar-refractivity contribution in [3.8, 4) is 0 Å². The van der Waals surface area contributed by atoms with Crippen LogP contribution in [0.2, 0.25) is 5.02 Å². The van der Waals surface area contributed by atoms with Crippen molar-refractivity contribution in [3.05, 3.63) is 34.4 Å². The first kappa shape index (κ1) is 15.3. The fourth-order valence-corrected chi connectivity index (χ4v) is 2.03. The molecule has 0 aromatic heterocycles. The molecule has 102 valence electrons. The van der Waals surface area contributed by atoms with E-state index in [4.69, 9.17) is 16.3 Å². The van der Waals surface area contributed by atoms with Crippen LogP contribution in [0.3, 0.4) is 0 Å². The van der Waals surface area contributed by atoms with E-state index in [9.17, 15) is 8.78 Å². The number of hydrogen-bond acceptors (Lipinski definition) is 2. The van der Waals surface area contributed by atoms with Crippen LogP contribution < -0.4 is 5.32 Å². The second-order valence-electron chi connectivity index (χ2n) is 4.13. The topological polar surface area (TPSA) is 21.3 Å². The summed E-state index contributed by atoms with van der Waals surface area (Å²) in [5.74, 6) is -1.82. The Kier molecular flexibility index (Phi) is 5.99. The molecule has 2 atom stereocenters. The van der Waals surface area contributed by atoms with Gasteiger partial charge in [-0.15, -0.1) is 0 Å². The normalized spacial score (nSPS) is 14.6. The zero-order valence-electron chi connectivity index (χ0n) is 10.8. The minimum atomic E-state index is -0.917. The van der Waals surface area contributed by atoms with Crippen molar-refractivity contribution in [2.24, 2.45) is 0 Å². The lowest BCUT2D eigenvalue weighted by Gasteiger charge is -2.26. The zero-order chi connectivity index (χ0) is 13.7. The van der Waals surface area contributed by atoms with Crippen LogP contribution in [0.25, 0.3) is 0 Å². The van der Waals surface area contributed by atoms with Gasteiger partial charge in [0.25, 0.3) is 0 Å². The number of ether oxygens (including phenoxy) is 1. The maximum Gasteiger partial charge on any atom is 0.165 e. The number of hydrogen-bond donors (Lipinski definition) is 1. The van der Waals surface area contributed by atoms with Gasteiger partial charge in [0.1, 0.15) is 0 Å². The molecule has 0 spiro atoms. The lowest BCUT2D eigenvalue weighted by atomic mass is 10.0. The molecule has 1 aromatic carbocycles. The average molecular weight is 278 g/mol. The summed E-state index contributed by atoms with van der Waals surface area (Å²) in [5.41, 5.74) is 0.125. The lowest BCUT2D eigenvalue weighted by Crippen LogP contribution is -2.33. The Morgan fingerprint density at radius 3 is 2.61 bits per heavy atom. The van der Waals surface area contributed by atoms with E-state index < -0.39 is 17.7 Å². The Morgan fingerprint density at radius 1 is 1.39 bits per heavy atom. The standard InChI is InChI=1S/C13H18ClF2NO/c1-4-7-17-13(8(2)18-3)11-9(14)5-6-10(15)12(11)16/h5-6,8,13,17H,4,7H2,1-3H3. The molecule has 0 saturated carbocycles. The van der Waals surface area contributed by atoms with E-state index in [-0.39, 0.29) is 16.7 Å². The Labute approximate surface area is 111 Å². The highest BCUT2D eigenvalue weighted by molar-refractivity contribution is 6.31. The molecule has 0 amide bonds. The molecule has 0 radical (unpaired) electrons. The van der Waals surface area contributed by atoms with Crippen LogP contribution >= 0.6 is 11.6 Å². The summed E-state index contributed by atoms with van der Waals surface area (Å²) in [6, 6.07) is 1.91. The van der Waals surface area contributed by atoms with Crippen LogP contribution in [-0.2, 0) is 4.74 Å². The maximum atomic E-state index is 13.9. The van der Waals surface area contributed by atoms with Crippen molar-refractivity contribution in [2.75, 3.05) is 13.7 Å². The average Bonchev–Trinajstić information content (AvgIpc) is 2.37. The molecule has 0 aliphatic carbocycles. The smallest absolute Gasteiger partial charge is 0.165 e. The van der Waals surface area contributed by atoms with Gasteiger partial charge < -0.3 is 10.1 Å². The van der Waals surface area contributed by atoms with Gasteiger partial charge in [0, 0.05) is 17.7 Å². The Balaban J connectivity index is 3.15. The zero-order valence-corrected chi connectivity index (χ0v) is 11.5. The first-order valence-electron chi connectivity index (χ1n) is 5.92. The van der Waals surface area contributed by atoms with E-state index in [0.29, 0.717) is 6.54 Å². The van der Waals surface area contributed by atoms with Gasteiger partial charge in [0.05, 0.1) is 12.1 Å². The molecule has 0 bridgehead atoms. The SMILES string of the molecule is CCCNC(c1c(Cl)ccc(F)c1F)C(C)OC. The van der Waals surface area contributed by atoms with E-state index >= 15 is 0 Å². The first-order chi connectivity index (χ1) is 8.52. The third-order valence-corrected chi connectivity index (χ3v) is 3.18. The molecule has 2 unspecified atom stereocenters. The third-order valence-electron chi connectivity index (χ3n) is 2.85. The van der Waals surface area contributed by atoms with Gasteiger partial charge in [-0.25, -0.2) is 8.78 Å². The molecular formula is C13H18ClF2NO. The lowest BCUT2D eigenvalue weighted by molar-refractivity contribution is 0.0816. The maximum absolute atomic E-state index is 13.9. The minimum absolute atomic E-state index is 0.125. The molecule has 0 saturated heterocycles. The van der Waals surface area contributed by atoms with Crippen molar-refractivity contribution < 1.29 is 13.5 Å². The summed E-state index contributed by atoms with van der Waals surface area (Å²) in [5, 5.41) is 3.33. The molecule has 1 rings (SSSR count). The Bertz CT molecular complexity index is 401. The molecule has 0 aliphatic rings. The van der Waals surface area contributed by atoms with Gasteiger partial charge in [0.15, 0.2) is 11.6 Å². The summed E-state index contributed by atoms with van der Waals surface area (Å²) < 4.78 is 32.4. The van der Waals surface area contributed by atoms with Gasteiger partial charge in [0.2, 0.25) is 0 Å². The summed E-state index contributed by atoms with van der Waals surface area (Å²) in [6.45, 7) is 4.45. The van der Waals surface area contributed by atoms with Crippen molar-refractivity contribution in [1.29, 1.82) is 0 Å². The second-order valence-corrected chi connectivity index (χ2v) is 4.54. The van der Waals surface area contributed by atoms with E-state index in [1.165, 1.54) is 13.2 Å². The second kappa shape index (κ2) is 7.02. The van der Waals surface area contributed by atoms with E-state index in [1.807, 2.05) is 6.92 Å². The fraction of sp³-hybridized carbons (Fsp3) is 0.538. The van der Waals surface area contributed by atoms with E-state index in [1.54, 1.807) is 6.92 Å². The van der Waals surface area contributed by atoms with Crippen molar-refractivity contribution in [2.45, 2.75) is 32.4 Å². The predicted molar refractivity (Wildman–Crippen MR) is 68.9 cm³/mol. The van der Waals surface area contributed by atoms with Crippen LogP contribution in [0.1, 0.15) is 31.9 Å². The predicted octanol–water partition coefficient (Wildman–Crippen LogP) is 3.69. The summed E-state index contributed by atoms with van der Waals surface area (Å²) >= 11 is 5.97. The van der Waals surface area contributed by atoms with E-state index in [0.717, 1.165) is 12.5 Å². The minimum Gasteiger partial charge on any atom is -0.380 e. The molecule has 0 heterocycles. The number of rotatable bonds is 6. The Morgan fingerprint density at radius 2 is 2.06 bits per heavy atom. The monoisotopic (exact) mass is 277 g/mol. The van der Waals surface area contributed by atoms with Crippen molar-refractivity contribution in [3.63, 3.8) is 0 Å². The van der Waals surface area contributed by atoms with Gasteiger partial charge in [-0.1, -0.05) is 18.5 Å².